The Hall–Kier alpha value is -0.950. The van der Waals surface area contributed by atoms with Gasteiger partial charge in [0, 0.05) is 23.8 Å². The van der Waals surface area contributed by atoms with Gasteiger partial charge in [0.2, 0.25) is 0 Å². The molecule has 0 radical (unpaired) electrons. The fraction of sp³-hybridized carbons (Fsp3) is 0.500. The van der Waals surface area contributed by atoms with Gasteiger partial charge in [0.25, 0.3) is 0 Å². The second-order valence-electron chi connectivity index (χ2n) is 3.21. The lowest BCUT2D eigenvalue weighted by Crippen LogP contribution is -2.31. The second-order valence-corrected chi connectivity index (χ2v) is 6.75. The highest BCUT2D eigenvalue weighted by Crippen LogP contribution is 2.16. The van der Waals surface area contributed by atoms with Crippen LogP contribution in [0.15, 0.2) is 6.20 Å². The van der Waals surface area contributed by atoms with E-state index in [1.807, 2.05) is 0 Å². The fourth-order valence-corrected chi connectivity index (χ4v) is 2.90. The summed E-state index contributed by atoms with van der Waals surface area (Å²) in [5.41, 5.74) is 0. The zero-order valence-electron chi connectivity index (χ0n) is 8.30. The number of aliphatic carboxylic acids is 1. The standard InChI is InChI=1S/C8H11NO4S2/c1-5-9-4-6(14-5)3-7(8(10)11)15(2,12)13/h4,7H,3H2,1-2H3,(H,10,11). The Morgan fingerprint density at radius 2 is 2.27 bits per heavy atom. The maximum atomic E-state index is 11.2. The molecule has 7 heteroatoms. The average Bonchev–Trinajstić information content (AvgIpc) is 2.44. The van der Waals surface area contributed by atoms with Gasteiger partial charge in [-0.3, -0.25) is 4.79 Å². The molecule has 0 amide bonds. The number of aromatic nitrogens is 1. The van der Waals surface area contributed by atoms with Gasteiger partial charge in [-0.15, -0.1) is 11.3 Å². The number of sulfone groups is 1. The molecule has 0 bridgehead atoms. The highest BCUT2D eigenvalue weighted by atomic mass is 32.2. The summed E-state index contributed by atoms with van der Waals surface area (Å²) in [5.74, 6) is -1.32. The first-order chi connectivity index (χ1) is 6.80. The van der Waals surface area contributed by atoms with Gasteiger partial charge < -0.3 is 5.11 Å². The third-order valence-electron chi connectivity index (χ3n) is 1.85. The molecule has 0 aromatic carbocycles. The van der Waals surface area contributed by atoms with E-state index in [2.05, 4.69) is 4.98 Å². The van der Waals surface area contributed by atoms with Crippen LogP contribution in [0.4, 0.5) is 0 Å². The normalized spacial score (nSPS) is 13.7. The summed E-state index contributed by atoms with van der Waals surface area (Å²) in [4.78, 5) is 15.4. The molecule has 0 aliphatic carbocycles. The highest BCUT2D eigenvalue weighted by Gasteiger charge is 2.29. The number of nitrogens with zero attached hydrogens (tertiary/aromatic N) is 1. The van der Waals surface area contributed by atoms with Crippen LogP contribution in [0.25, 0.3) is 0 Å². The van der Waals surface area contributed by atoms with Gasteiger partial charge in [0.05, 0.1) is 5.01 Å². The van der Waals surface area contributed by atoms with E-state index in [-0.39, 0.29) is 6.42 Å². The van der Waals surface area contributed by atoms with Crippen molar-refractivity contribution in [2.75, 3.05) is 6.26 Å². The minimum Gasteiger partial charge on any atom is -0.480 e. The van der Waals surface area contributed by atoms with Crippen molar-refractivity contribution >= 4 is 27.1 Å². The Labute approximate surface area is 91.7 Å². The van der Waals surface area contributed by atoms with E-state index in [4.69, 9.17) is 5.11 Å². The topological polar surface area (TPSA) is 84.3 Å². The Kier molecular flexibility index (Phi) is 3.46. The number of carboxylic acids is 1. The lowest BCUT2D eigenvalue weighted by molar-refractivity contribution is -0.136. The molecule has 1 atom stereocenters. The summed E-state index contributed by atoms with van der Waals surface area (Å²) in [6.45, 7) is 1.78. The van der Waals surface area contributed by atoms with Crippen molar-refractivity contribution in [1.29, 1.82) is 0 Å². The maximum Gasteiger partial charge on any atom is 0.322 e. The Morgan fingerprint density at radius 3 is 2.60 bits per heavy atom. The maximum absolute atomic E-state index is 11.2. The number of hydrogen-bond acceptors (Lipinski definition) is 5. The molecular formula is C8H11NO4S2. The first kappa shape index (κ1) is 12.1. The second kappa shape index (κ2) is 4.28. The molecule has 15 heavy (non-hydrogen) atoms. The van der Waals surface area contributed by atoms with Crippen molar-refractivity contribution in [2.45, 2.75) is 18.6 Å². The molecule has 0 fully saturated rings. The predicted octanol–water partition coefficient (Wildman–Crippen LogP) is 0.492. The van der Waals surface area contributed by atoms with E-state index < -0.39 is 21.1 Å². The third-order valence-corrected chi connectivity index (χ3v) is 4.19. The molecule has 1 rings (SSSR count). The Balaban J connectivity index is 2.90. The van der Waals surface area contributed by atoms with Crippen molar-refractivity contribution in [3.05, 3.63) is 16.1 Å². The smallest absolute Gasteiger partial charge is 0.322 e. The van der Waals surface area contributed by atoms with Crippen LogP contribution in [-0.4, -0.2) is 36.0 Å². The SMILES string of the molecule is Cc1ncc(CC(C(=O)O)S(C)(=O)=O)s1. The van der Waals surface area contributed by atoms with Crippen molar-refractivity contribution < 1.29 is 18.3 Å². The van der Waals surface area contributed by atoms with Gasteiger partial charge in [-0.2, -0.15) is 0 Å². The van der Waals surface area contributed by atoms with Crippen molar-refractivity contribution in [1.82, 2.24) is 4.98 Å². The first-order valence-electron chi connectivity index (χ1n) is 4.13. The number of rotatable bonds is 4. The molecule has 1 heterocycles. The third kappa shape index (κ3) is 3.28. The summed E-state index contributed by atoms with van der Waals surface area (Å²) in [5, 5.41) is 8.20. The van der Waals surface area contributed by atoms with E-state index in [1.165, 1.54) is 17.5 Å². The number of aryl methyl sites for hydroxylation is 1. The van der Waals surface area contributed by atoms with Crippen LogP contribution in [0.5, 0.6) is 0 Å². The summed E-state index contributed by atoms with van der Waals surface area (Å²) < 4.78 is 22.4. The average molecular weight is 249 g/mol. The van der Waals surface area contributed by atoms with Crippen molar-refractivity contribution in [3.63, 3.8) is 0 Å². The summed E-state index contributed by atoms with van der Waals surface area (Å²) in [6.07, 6.45) is 2.43. The van der Waals surface area contributed by atoms with Crippen LogP contribution in [0.3, 0.4) is 0 Å². The molecule has 5 nitrogen and oxygen atoms in total. The van der Waals surface area contributed by atoms with E-state index >= 15 is 0 Å². The van der Waals surface area contributed by atoms with Gasteiger partial charge in [0.15, 0.2) is 15.1 Å². The molecular weight excluding hydrogens is 238 g/mol. The summed E-state index contributed by atoms with van der Waals surface area (Å²) in [7, 11) is -3.57. The van der Waals surface area contributed by atoms with Crippen LogP contribution in [0, 0.1) is 6.92 Å². The van der Waals surface area contributed by atoms with Gasteiger partial charge in [-0.05, 0) is 6.92 Å². The quantitative estimate of drug-likeness (QED) is 0.839. The monoisotopic (exact) mass is 249 g/mol. The number of carboxylic acid groups (broad SMARTS) is 1. The first-order valence-corrected chi connectivity index (χ1v) is 6.91. The Morgan fingerprint density at radius 1 is 1.67 bits per heavy atom. The lowest BCUT2D eigenvalue weighted by Gasteiger charge is -2.07. The molecule has 0 spiro atoms. The number of carbonyl (C=O) groups is 1. The molecule has 1 aromatic heterocycles. The van der Waals surface area contributed by atoms with Crippen LogP contribution < -0.4 is 0 Å². The number of hydrogen-bond donors (Lipinski definition) is 1. The molecule has 84 valence electrons. The largest absolute Gasteiger partial charge is 0.480 e. The van der Waals surface area contributed by atoms with Crippen LogP contribution in [0.1, 0.15) is 9.88 Å². The fourth-order valence-electron chi connectivity index (χ4n) is 1.10. The van der Waals surface area contributed by atoms with E-state index in [0.717, 1.165) is 11.3 Å². The van der Waals surface area contributed by atoms with E-state index in [0.29, 0.717) is 4.88 Å². The summed E-state index contributed by atoms with van der Waals surface area (Å²) >= 11 is 1.31. The van der Waals surface area contributed by atoms with Crippen LogP contribution >= 0.6 is 11.3 Å². The highest BCUT2D eigenvalue weighted by molar-refractivity contribution is 7.92. The molecule has 1 N–H and O–H groups in total. The lowest BCUT2D eigenvalue weighted by atomic mass is 10.3. The van der Waals surface area contributed by atoms with Gasteiger partial charge in [0.1, 0.15) is 0 Å². The zero-order chi connectivity index (χ0) is 11.6. The molecule has 0 saturated carbocycles. The summed E-state index contributed by atoms with van der Waals surface area (Å²) in [6, 6.07) is 0. The van der Waals surface area contributed by atoms with E-state index in [1.54, 1.807) is 6.92 Å². The van der Waals surface area contributed by atoms with Crippen molar-refractivity contribution in [2.24, 2.45) is 0 Å². The van der Waals surface area contributed by atoms with Crippen LogP contribution in [0.2, 0.25) is 0 Å². The molecule has 0 aliphatic rings. The van der Waals surface area contributed by atoms with Gasteiger partial charge in [-0.1, -0.05) is 0 Å². The Bertz CT molecular complexity index is 463. The molecule has 1 unspecified atom stereocenters. The van der Waals surface area contributed by atoms with E-state index in [9.17, 15) is 13.2 Å². The molecule has 1 aromatic rings. The van der Waals surface area contributed by atoms with Gasteiger partial charge in [-0.25, -0.2) is 13.4 Å². The number of thiazole rings is 1. The molecule has 0 saturated heterocycles. The molecule has 0 aliphatic heterocycles. The van der Waals surface area contributed by atoms with Crippen molar-refractivity contribution in [3.8, 4) is 0 Å². The predicted molar refractivity (Wildman–Crippen MR) is 56.8 cm³/mol. The van der Waals surface area contributed by atoms with Gasteiger partial charge >= 0.3 is 5.97 Å². The minimum absolute atomic E-state index is 0.0142. The minimum atomic E-state index is -3.57. The van der Waals surface area contributed by atoms with Crippen LogP contribution in [-0.2, 0) is 21.1 Å². The zero-order valence-corrected chi connectivity index (χ0v) is 9.93.